The Labute approximate surface area is 102 Å². The van der Waals surface area contributed by atoms with Crippen LogP contribution in [0.4, 0.5) is 5.13 Å². The van der Waals surface area contributed by atoms with E-state index in [2.05, 4.69) is 24.1 Å². The van der Waals surface area contributed by atoms with Crippen molar-refractivity contribution in [1.29, 1.82) is 0 Å². The lowest BCUT2D eigenvalue weighted by Gasteiger charge is -2.18. The first-order valence-corrected chi connectivity index (χ1v) is 7.29. The number of hydrogen-bond acceptors (Lipinski definition) is 3. The van der Waals surface area contributed by atoms with Crippen molar-refractivity contribution in [1.82, 2.24) is 4.98 Å². The fourth-order valence-electron chi connectivity index (χ4n) is 2.61. The van der Waals surface area contributed by atoms with E-state index in [0.29, 0.717) is 6.04 Å². The van der Waals surface area contributed by atoms with Gasteiger partial charge >= 0.3 is 0 Å². The van der Waals surface area contributed by atoms with Crippen LogP contribution >= 0.6 is 11.3 Å². The third-order valence-corrected chi connectivity index (χ3v) is 4.42. The fraction of sp³-hybridized carbons (Fsp3) is 0.769. The summed E-state index contributed by atoms with van der Waals surface area (Å²) in [5, 5.41) is 6.70. The van der Waals surface area contributed by atoms with Crippen LogP contribution in [0.3, 0.4) is 0 Å². The Hall–Kier alpha value is -0.570. The lowest BCUT2D eigenvalue weighted by atomic mass is 9.89. The molecule has 2 nitrogen and oxygen atoms in total. The molecule has 1 aromatic rings. The number of aromatic nitrogens is 1. The summed E-state index contributed by atoms with van der Waals surface area (Å²) in [6.45, 7) is 4.72. The van der Waals surface area contributed by atoms with Crippen molar-refractivity contribution in [2.24, 2.45) is 11.8 Å². The smallest absolute Gasteiger partial charge is 0.182 e. The van der Waals surface area contributed by atoms with Crippen LogP contribution in [0.1, 0.15) is 46.0 Å². The Kier molecular flexibility index (Phi) is 4.22. The first-order valence-electron chi connectivity index (χ1n) is 6.41. The molecule has 90 valence electrons. The van der Waals surface area contributed by atoms with Gasteiger partial charge in [-0.1, -0.05) is 26.7 Å². The van der Waals surface area contributed by atoms with E-state index in [1.54, 1.807) is 11.3 Å². The Balaban J connectivity index is 1.84. The van der Waals surface area contributed by atoms with E-state index >= 15 is 0 Å². The van der Waals surface area contributed by atoms with Crippen LogP contribution in [0, 0.1) is 11.8 Å². The predicted molar refractivity (Wildman–Crippen MR) is 70.9 cm³/mol. The summed E-state index contributed by atoms with van der Waals surface area (Å²) in [6.07, 6.45) is 8.65. The van der Waals surface area contributed by atoms with Crippen molar-refractivity contribution in [3.8, 4) is 0 Å². The maximum absolute atomic E-state index is 4.30. The van der Waals surface area contributed by atoms with E-state index in [4.69, 9.17) is 0 Å². The number of hydrogen-bond donors (Lipinski definition) is 1. The zero-order valence-electron chi connectivity index (χ0n) is 10.3. The van der Waals surface area contributed by atoms with Gasteiger partial charge in [0.05, 0.1) is 0 Å². The molecule has 0 aromatic carbocycles. The van der Waals surface area contributed by atoms with Crippen molar-refractivity contribution < 1.29 is 0 Å². The minimum Gasteiger partial charge on any atom is -0.359 e. The van der Waals surface area contributed by atoms with Gasteiger partial charge in [-0.3, -0.25) is 0 Å². The highest BCUT2D eigenvalue weighted by molar-refractivity contribution is 7.13. The molecule has 1 heterocycles. The summed E-state index contributed by atoms with van der Waals surface area (Å²) >= 11 is 1.71. The molecule has 2 rings (SSSR count). The van der Waals surface area contributed by atoms with E-state index in [-0.39, 0.29) is 0 Å². The molecule has 1 aromatic heterocycles. The molecule has 0 saturated heterocycles. The molecule has 1 aliphatic carbocycles. The predicted octanol–water partition coefficient (Wildman–Crippen LogP) is 4.16. The summed E-state index contributed by atoms with van der Waals surface area (Å²) in [5.74, 6) is 1.78. The standard InChI is InChI=1S/C13H22N2S/c1-10(2)11-4-3-5-12(7-6-11)15-13-14-8-9-16-13/h8-12H,3-7H2,1-2H3,(H,14,15). The molecule has 16 heavy (non-hydrogen) atoms. The van der Waals surface area contributed by atoms with Gasteiger partial charge in [0.25, 0.3) is 0 Å². The Morgan fingerprint density at radius 3 is 2.88 bits per heavy atom. The molecule has 1 fully saturated rings. The summed E-state index contributed by atoms with van der Waals surface area (Å²) < 4.78 is 0. The zero-order chi connectivity index (χ0) is 11.4. The van der Waals surface area contributed by atoms with Crippen molar-refractivity contribution in [2.75, 3.05) is 5.32 Å². The monoisotopic (exact) mass is 238 g/mol. The number of anilines is 1. The number of rotatable bonds is 3. The Morgan fingerprint density at radius 2 is 2.19 bits per heavy atom. The van der Waals surface area contributed by atoms with Crippen molar-refractivity contribution >= 4 is 16.5 Å². The van der Waals surface area contributed by atoms with Crippen LogP contribution in [-0.2, 0) is 0 Å². The molecular formula is C13H22N2S. The van der Waals surface area contributed by atoms with Gasteiger partial charge in [0.15, 0.2) is 5.13 Å². The van der Waals surface area contributed by atoms with Crippen molar-refractivity contribution in [3.63, 3.8) is 0 Å². The third-order valence-electron chi connectivity index (χ3n) is 3.72. The largest absolute Gasteiger partial charge is 0.359 e. The van der Waals surface area contributed by atoms with Crippen molar-refractivity contribution in [3.05, 3.63) is 11.6 Å². The molecule has 2 unspecified atom stereocenters. The number of thiazole rings is 1. The van der Waals surface area contributed by atoms with Crippen LogP contribution in [0.5, 0.6) is 0 Å². The van der Waals surface area contributed by atoms with Gasteiger partial charge in [-0.15, -0.1) is 11.3 Å². The lowest BCUT2D eigenvalue weighted by molar-refractivity contribution is 0.341. The Morgan fingerprint density at radius 1 is 1.31 bits per heavy atom. The first-order chi connectivity index (χ1) is 7.75. The normalized spacial score (nSPS) is 26.7. The zero-order valence-corrected chi connectivity index (χ0v) is 11.1. The quantitative estimate of drug-likeness (QED) is 0.800. The molecule has 0 bridgehead atoms. The van der Waals surface area contributed by atoms with Crippen LogP contribution in [0.2, 0.25) is 0 Å². The number of nitrogens with zero attached hydrogens (tertiary/aromatic N) is 1. The molecule has 2 atom stereocenters. The highest BCUT2D eigenvalue weighted by Crippen LogP contribution is 2.30. The SMILES string of the molecule is CC(C)C1CCCC(Nc2nccs2)CC1. The first kappa shape index (κ1) is 11.9. The van der Waals surface area contributed by atoms with Gasteiger partial charge in [-0.05, 0) is 31.1 Å². The second-order valence-electron chi connectivity index (χ2n) is 5.19. The molecule has 0 radical (unpaired) electrons. The summed E-state index contributed by atoms with van der Waals surface area (Å²) in [5.41, 5.74) is 0. The van der Waals surface area contributed by atoms with E-state index in [1.807, 2.05) is 11.6 Å². The van der Waals surface area contributed by atoms with Crippen LogP contribution in [0.15, 0.2) is 11.6 Å². The van der Waals surface area contributed by atoms with E-state index in [1.165, 1.54) is 32.1 Å². The minimum atomic E-state index is 0.648. The maximum Gasteiger partial charge on any atom is 0.182 e. The van der Waals surface area contributed by atoms with Gasteiger partial charge in [0.1, 0.15) is 0 Å². The second-order valence-corrected chi connectivity index (χ2v) is 6.09. The van der Waals surface area contributed by atoms with Gasteiger partial charge in [0.2, 0.25) is 0 Å². The second kappa shape index (κ2) is 5.67. The van der Waals surface area contributed by atoms with E-state index in [9.17, 15) is 0 Å². The molecule has 1 N–H and O–H groups in total. The average Bonchev–Trinajstić information content (AvgIpc) is 2.63. The topological polar surface area (TPSA) is 24.9 Å². The van der Waals surface area contributed by atoms with Gasteiger partial charge in [-0.2, -0.15) is 0 Å². The molecule has 0 spiro atoms. The molecule has 3 heteroatoms. The molecule has 0 amide bonds. The molecular weight excluding hydrogens is 216 g/mol. The molecule has 0 aliphatic heterocycles. The molecule has 1 aliphatic rings. The van der Waals surface area contributed by atoms with Gasteiger partial charge in [0, 0.05) is 17.6 Å². The minimum absolute atomic E-state index is 0.648. The van der Waals surface area contributed by atoms with Crippen LogP contribution < -0.4 is 5.32 Å². The maximum atomic E-state index is 4.30. The van der Waals surface area contributed by atoms with Crippen LogP contribution in [0.25, 0.3) is 0 Å². The fourth-order valence-corrected chi connectivity index (χ4v) is 3.22. The molecule has 1 saturated carbocycles. The number of nitrogens with one attached hydrogen (secondary N) is 1. The summed E-state index contributed by atoms with van der Waals surface area (Å²) in [4.78, 5) is 4.30. The lowest BCUT2D eigenvalue weighted by Crippen LogP contribution is -2.18. The van der Waals surface area contributed by atoms with E-state index < -0.39 is 0 Å². The van der Waals surface area contributed by atoms with E-state index in [0.717, 1.165) is 17.0 Å². The average molecular weight is 238 g/mol. The van der Waals surface area contributed by atoms with Gasteiger partial charge < -0.3 is 5.32 Å². The van der Waals surface area contributed by atoms with Crippen molar-refractivity contribution in [2.45, 2.75) is 52.0 Å². The third kappa shape index (κ3) is 3.21. The summed E-state index contributed by atoms with van der Waals surface area (Å²) in [6, 6.07) is 0.648. The van der Waals surface area contributed by atoms with Crippen LogP contribution in [-0.4, -0.2) is 11.0 Å². The summed E-state index contributed by atoms with van der Waals surface area (Å²) in [7, 11) is 0. The van der Waals surface area contributed by atoms with Gasteiger partial charge in [-0.25, -0.2) is 4.98 Å². The Bertz CT molecular complexity index is 295. The highest BCUT2D eigenvalue weighted by atomic mass is 32.1. The highest BCUT2D eigenvalue weighted by Gasteiger charge is 2.21.